The van der Waals surface area contributed by atoms with Crippen LogP contribution in [0.15, 0.2) is 4.99 Å². The Morgan fingerprint density at radius 2 is 2.14 bits per heavy atom. The van der Waals surface area contributed by atoms with Crippen molar-refractivity contribution in [3.05, 3.63) is 0 Å². The normalized spacial score (nSPS) is 15.2. The molecule has 5 nitrogen and oxygen atoms in total. The van der Waals surface area contributed by atoms with Crippen LogP contribution < -0.4 is 11.1 Å². The van der Waals surface area contributed by atoms with Gasteiger partial charge in [-0.25, -0.2) is 8.42 Å². The Labute approximate surface area is 85.7 Å². The van der Waals surface area contributed by atoms with Crippen LogP contribution in [0.4, 0.5) is 0 Å². The van der Waals surface area contributed by atoms with E-state index in [2.05, 4.69) is 10.3 Å². The highest BCUT2D eigenvalue weighted by Crippen LogP contribution is 1.89. The molecular formula is C8H19N3O2S. The van der Waals surface area contributed by atoms with Crippen LogP contribution in [0.2, 0.25) is 0 Å². The molecule has 0 aromatic heterocycles. The maximum atomic E-state index is 10.9. The van der Waals surface area contributed by atoms with Crippen LogP contribution >= 0.6 is 0 Å². The van der Waals surface area contributed by atoms with E-state index in [1.807, 2.05) is 6.92 Å². The number of sulfone groups is 1. The first-order chi connectivity index (χ1) is 6.35. The number of aliphatic imine (C=N–C) groups is 1. The Hall–Kier alpha value is -0.780. The van der Waals surface area contributed by atoms with Crippen molar-refractivity contribution in [1.29, 1.82) is 0 Å². The van der Waals surface area contributed by atoms with Gasteiger partial charge in [-0.05, 0) is 13.3 Å². The van der Waals surface area contributed by atoms with Gasteiger partial charge in [-0.3, -0.25) is 4.99 Å². The Kier molecular flexibility index (Phi) is 5.52. The smallest absolute Gasteiger partial charge is 0.188 e. The van der Waals surface area contributed by atoms with Gasteiger partial charge in [0, 0.05) is 18.8 Å². The van der Waals surface area contributed by atoms with Gasteiger partial charge in [0.25, 0.3) is 0 Å². The van der Waals surface area contributed by atoms with Gasteiger partial charge in [0.2, 0.25) is 0 Å². The summed E-state index contributed by atoms with van der Waals surface area (Å²) in [5.41, 5.74) is 5.52. The third-order valence-corrected chi connectivity index (χ3v) is 2.56. The van der Waals surface area contributed by atoms with Crippen molar-refractivity contribution in [2.24, 2.45) is 10.7 Å². The minimum atomic E-state index is -2.96. The minimum Gasteiger partial charge on any atom is -0.370 e. The minimum absolute atomic E-state index is 0.0648. The molecule has 1 unspecified atom stereocenters. The molecule has 0 aliphatic heterocycles. The second-order valence-electron chi connectivity index (χ2n) is 3.40. The highest BCUT2D eigenvalue weighted by atomic mass is 32.2. The molecule has 0 fully saturated rings. The molecule has 0 aliphatic rings. The second-order valence-corrected chi connectivity index (χ2v) is 5.59. The highest BCUT2D eigenvalue weighted by molar-refractivity contribution is 7.90. The van der Waals surface area contributed by atoms with Gasteiger partial charge in [0.15, 0.2) is 5.96 Å². The third kappa shape index (κ3) is 7.85. The summed E-state index contributed by atoms with van der Waals surface area (Å²) >= 11 is 0. The van der Waals surface area contributed by atoms with E-state index in [4.69, 9.17) is 5.73 Å². The molecule has 0 spiro atoms. The van der Waals surface area contributed by atoms with Crippen molar-refractivity contribution in [1.82, 2.24) is 5.32 Å². The fraction of sp³-hybridized carbons (Fsp3) is 0.875. The topological polar surface area (TPSA) is 84.5 Å². The summed E-state index contributed by atoms with van der Waals surface area (Å²) in [6, 6.07) is -0.203. The molecule has 0 radical (unpaired) electrons. The van der Waals surface area contributed by atoms with Crippen LogP contribution in [0, 0.1) is 0 Å². The fourth-order valence-corrected chi connectivity index (χ4v) is 2.02. The number of guanidine groups is 1. The Morgan fingerprint density at radius 1 is 1.57 bits per heavy atom. The van der Waals surface area contributed by atoms with Crippen molar-refractivity contribution in [2.45, 2.75) is 26.3 Å². The Bertz CT molecular complexity index is 285. The second kappa shape index (κ2) is 5.85. The van der Waals surface area contributed by atoms with E-state index in [9.17, 15) is 8.42 Å². The first-order valence-electron chi connectivity index (χ1n) is 4.59. The highest BCUT2D eigenvalue weighted by Gasteiger charge is 2.10. The largest absolute Gasteiger partial charge is 0.370 e. The lowest BCUT2D eigenvalue weighted by molar-refractivity contribution is 0.590. The molecule has 6 heteroatoms. The van der Waals surface area contributed by atoms with Gasteiger partial charge in [0.05, 0.1) is 5.75 Å². The van der Waals surface area contributed by atoms with E-state index >= 15 is 0 Å². The third-order valence-electron chi connectivity index (χ3n) is 1.45. The monoisotopic (exact) mass is 221 g/mol. The van der Waals surface area contributed by atoms with Gasteiger partial charge < -0.3 is 11.1 Å². The summed E-state index contributed by atoms with van der Waals surface area (Å²) in [5, 5.41) is 2.82. The van der Waals surface area contributed by atoms with Crippen LogP contribution in [-0.4, -0.2) is 39.0 Å². The van der Waals surface area contributed by atoms with Crippen molar-refractivity contribution in [2.75, 3.05) is 18.6 Å². The lowest BCUT2D eigenvalue weighted by Gasteiger charge is -2.12. The zero-order chi connectivity index (χ0) is 11.2. The molecule has 3 N–H and O–H groups in total. The van der Waals surface area contributed by atoms with Gasteiger partial charge >= 0.3 is 0 Å². The lowest BCUT2D eigenvalue weighted by atomic mass is 10.4. The fourth-order valence-electron chi connectivity index (χ4n) is 1.03. The molecule has 0 saturated carbocycles. The molecule has 1 atom stereocenters. The molecule has 0 saturated heterocycles. The van der Waals surface area contributed by atoms with Gasteiger partial charge in [-0.2, -0.15) is 0 Å². The standard InChI is InChI=1S/C8H19N3O2S/c1-4-5-10-8(9)11-7(2)6-14(3,12)13/h7H,4-6H2,1-3H3,(H3,9,10,11). The maximum Gasteiger partial charge on any atom is 0.188 e. The van der Waals surface area contributed by atoms with Crippen LogP contribution in [0.5, 0.6) is 0 Å². The van der Waals surface area contributed by atoms with Crippen molar-refractivity contribution < 1.29 is 8.42 Å². The van der Waals surface area contributed by atoms with E-state index in [0.29, 0.717) is 12.5 Å². The van der Waals surface area contributed by atoms with Crippen molar-refractivity contribution >= 4 is 15.8 Å². The van der Waals surface area contributed by atoms with Crippen LogP contribution in [-0.2, 0) is 9.84 Å². The lowest BCUT2D eigenvalue weighted by Crippen LogP contribution is -2.41. The van der Waals surface area contributed by atoms with E-state index in [0.717, 1.165) is 6.42 Å². The Balaban J connectivity index is 4.00. The predicted molar refractivity (Wildman–Crippen MR) is 59.1 cm³/mol. The van der Waals surface area contributed by atoms with Crippen LogP contribution in [0.1, 0.15) is 20.3 Å². The molecule has 0 aliphatic carbocycles. The summed E-state index contributed by atoms with van der Waals surface area (Å²) in [7, 11) is -2.96. The predicted octanol–water partition coefficient (Wildman–Crippen LogP) is -0.266. The number of nitrogens with zero attached hydrogens (tertiary/aromatic N) is 1. The van der Waals surface area contributed by atoms with Crippen LogP contribution in [0.3, 0.4) is 0 Å². The molecule has 0 amide bonds. The summed E-state index contributed by atoms with van der Waals surface area (Å²) in [6.45, 7) is 4.41. The van der Waals surface area contributed by atoms with E-state index in [-0.39, 0.29) is 11.8 Å². The molecule has 84 valence electrons. The van der Waals surface area contributed by atoms with E-state index in [1.54, 1.807) is 6.92 Å². The number of nitrogens with two attached hydrogens (primary N) is 1. The zero-order valence-electron chi connectivity index (χ0n) is 8.95. The molecule has 0 aromatic rings. The first-order valence-corrected chi connectivity index (χ1v) is 6.65. The number of hydrogen-bond acceptors (Lipinski definition) is 3. The number of rotatable bonds is 5. The van der Waals surface area contributed by atoms with Gasteiger partial charge in [-0.1, -0.05) is 6.92 Å². The van der Waals surface area contributed by atoms with Crippen LogP contribution in [0.25, 0.3) is 0 Å². The molecule has 0 heterocycles. The van der Waals surface area contributed by atoms with Gasteiger partial charge in [-0.15, -0.1) is 0 Å². The van der Waals surface area contributed by atoms with Crippen molar-refractivity contribution in [3.8, 4) is 0 Å². The zero-order valence-corrected chi connectivity index (χ0v) is 9.76. The molecule has 14 heavy (non-hydrogen) atoms. The molecule has 0 rings (SSSR count). The summed E-state index contributed by atoms with van der Waals surface area (Å²) in [5.74, 6) is 0.373. The number of hydrogen-bond donors (Lipinski definition) is 2. The van der Waals surface area contributed by atoms with E-state index in [1.165, 1.54) is 6.26 Å². The first kappa shape index (κ1) is 13.2. The van der Waals surface area contributed by atoms with Gasteiger partial charge in [0.1, 0.15) is 9.84 Å². The maximum absolute atomic E-state index is 10.9. The molecular weight excluding hydrogens is 202 g/mol. The average Bonchev–Trinajstić information content (AvgIpc) is 1.96. The van der Waals surface area contributed by atoms with E-state index < -0.39 is 9.84 Å². The molecule has 0 bridgehead atoms. The quantitative estimate of drug-likeness (QED) is 0.494. The summed E-state index contributed by atoms with van der Waals surface area (Å²) in [4.78, 5) is 4.00. The number of nitrogens with one attached hydrogen (secondary N) is 1. The molecule has 0 aromatic carbocycles. The Morgan fingerprint density at radius 3 is 2.57 bits per heavy atom. The van der Waals surface area contributed by atoms with Crippen molar-refractivity contribution in [3.63, 3.8) is 0 Å². The summed E-state index contributed by atoms with van der Waals surface area (Å²) < 4.78 is 21.8. The average molecular weight is 221 g/mol. The summed E-state index contributed by atoms with van der Waals surface area (Å²) in [6.07, 6.45) is 2.12. The SMILES string of the molecule is CCCN=C(N)NC(C)CS(C)(=O)=O.